The van der Waals surface area contributed by atoms with Crippen LogP contribution < -0.4 is 0 Å². The van der Waals surface area contributed by atoms with Gasteiger partial charge in [-0.15, -0.1) is 0 Å². The molecule has 0 unspecified atom stereocenters. The van der Waals surface area contributed by atoms with Crippen LogP contribution >= 0.6 is 0 Å². The van der Waals surface area contributed by atoms with Crippen molar-refractivity contribution in [1.29, 1.82) is 0 Å². The van der Waals surface area contributed by atoms with E-state index in [9.17, 15) is 14.4 Å². The number of rotatable bonds is 9. The quantitative estimate of drug-likeness (QED) is 0.127. The van der Waals surface area contributed by atoms with Gasteiger partial charge in [-0.3, -0.25) is 14.4 Å². The summed E-state index contributed by atoms with van der Waals surface area (Å²) in [5.41, 5.74) is 10.5. The highest BCUT2D eigenvalue weighted by atomic mass is 16.5. The lowest BCUT2D eigenvalue weighted by atomic mass is 10.0. The van der Waals surface area contributed by atoms with Gasteiger partial charge in [-0.1, -0.05) is 18.2 Å². The molecule has 0 aliphatic carbocycles. The maximum absolute atomic E-state index is 12.3. The number of aromatic amines is 2. The minimum Gasteiger partial charge on any atom is -0.469 e. The maximum atomic E-state index is 12.3. The molecule has 0 fully saturated rings. The van der Waals surface area contributed by atoms with E-state index in [4.69, 9.17) is 19.4 Å². The largest absolute Gasteiger partial charge is 0.469 e. The van der Waals surface area contributed by atoms with Crippen molar-refractivity contribution in [2.75, 3.05) is 14.2 Å². The van der Waals surface area contributed by atoms with Gasteiger partial charge in [0.25, 0.3) is 0 Å². The Morgan fingerprint density at radius 2 is 1.28 bits per heavy atom. The number of aromatic nitrogens is 6. The molecule has 2 aliphatic rings. The Morgan fingerprint density at radius 3 is 1.84 bits per heavy atom. The van der Waals surface area contributed by atoms with Gasteiger partial charge in [0.15, 0.2) is 0 Å². The number of esters is 2. The number of carbonyl (C=O) groups excluding carboxylic acids is 3. The first kappa shape index (κ1) is 32.2. The summed E-state index contributed by atoms with van der Waals surface area (Å²) in [4.78, 5) is 58.6. The SMILES string of the molecule is COC(=O)CCc1c2nc(c(-c3cccc(C=O)c3)c3ccc([nH]3)c(-c3nccn3C)c3nc(c(CCC(=O)OC)c4ccc1[nH]4)C=C3)C=C2. The van der Waals surface area contributed by atoms with Crippen molar-refractivity contribution in [3.63, 3.8) is 0 Å². The summed E-state index contributed by atoms with van der Waals surface area (Å²) in [5, 5.41) is 0. The Labute approximate surface area is 287 Å². The van der Waals surface area contributed by atoms with Gasteiger partial charge in [0, 0.05) is 71.1 Å². The van der Waals surface area contributed by atoms with E-state index in [1.807, 2.05) is 84.6 Å². The summed E-state index contributed by atoms with van der Waals surface area (Å²) in [6.07, 6.45) is 13.3. The summed E-state index contributed by atoms with van der Waals surface area (Å²) in [6.45, 7) is 0. The van der Waals surface area contributed by atoms with Crippen LogP contribution in [0, 0.1) is 0 Å². The van der Waals surface area contributed by atoms with Gasteiger partial charge in [-0.2, -0.15) is 0 Å². The number of carbonyl (C=O) groups is 3. The molecule has 1 aromatic carbocycles. The van der Waals surface area contributed by atoms with Crippen molar-refractivity contribution in [2.24, 2.45) is 7.05 Å². The minimum atomic E-state index is -0.335. The molecule has 11 nitrogen and oxygen atoms in total. The molecule has 0 amide bonds. The minimum absolute atomic E-state index is 0.152. The van der Waals surface area contributed by atoms with Crippen LogP contribution in [0.15, 0.2) is 60.9 Å². The summed E-state index contributed by atoms with van der Waals surface area (Å²) in [5.74, 6) is 0.0520. The van der Waals surface area contributed by atoms with Crippen LogP contribution in [0.25, 0.3) is 68.9 Å². The average molecular weight is 667 g/mol. The molecule has 0 spiro atoms. The van der Waals surface area contributed by atoms with Crippen molar-refractivity contribution >= 4 is 64.6 Å². The Kier molecular flexibility index (Phi) is 8.78. The van der Waals surface area contributed by atoms with Crippen LogP contribution in [-0.4, -0.2) is 61.9 Å². The molecule has 2 N–H and O–H groups in total. The molecule has 50 heavy (non-hydrogen) atoms. The standard InChI is InChI=1S/C39H34N6O5/c1-45-20-19-40-39(45)38-33-14-12-30(43-33)26(8-18-36(48)50-3)28-10-9-27(41-28)25(7-17-35(47)49-2)29-11-13-31(42-29)37(32-15-16-34(38)44-32)24-6-4-5-23(21-24)22-46/h4-6,9-16,19-22,41,44H,7-8,17-18H2,1-3H3. The number of ether oxygens (including phenoxy) is 2. The normalized spacial score (nSPS) is 11.9. The van der Waals surface area contributed by atoms with Crippen LogP contribution in [0.4, 0.5) is 0 Å². The second-order valence-corrected chi connectivity index (χ2v) is 12.0. The highest BCUT2D eigenvalue weighted by Crippen LogP contribution is 2.35. The third-order valence-electron chi connectivity index (χ3n) is 8.94. The third kappa shape index (κ3) is 6.16. The molecule has 7 rings (SSSR count). The third-order valence-corrected chi connectivity index (χ3v) is 8.94. The van der Waals surface area contributed by atoms with Gasteiger partial charge in [0.2, 0.25) is 0 Å². The molecule has 0 atom stereocenters. The van der Waals surface area contributed by atoms with Crippen LogP contribution in [0.2, 0.25) is 0 Å². The average Bonchev–Trinajstić information content (AvgIpc) is 3.99. The Balaban J connectivity index is 1.62. The Bertz CT molecular complexity index is 2390. The summed E-state index contributed by atoms with van der Waals surface area (Å²) in [7, 11) is 4.68. The fourth-order valence-electron chi connectivity index (χ4n) is 6.42. The fourth-order valence-corrected chi connectivity index (χ4v) is 6.42. The highest BCUT2D eigenvalue weighted by Gasteiger charge is 2.20. The number of aldehydes is 1. The molecule has 0 radical (unpaired) electrons. The van der Waals surface area contributed by atoms with E-state index in [0.717, 1.165) is 56.2 Å². The van der Waals surface area contributed by atoms with Crippen molar-refractivity contribution < 1.29 is 23.9 Å². The monoisotopic (exact) mass is 666 g/mol. The second kappa shape index (κ2) is 13.6. The molecule has 11 heteroatoms. The van der Waals surface area contributed by atoms with E-state index >= 15 is 0 Å². The smallest absolute Gasteiger partial charge is 0.305 e. The van der Waals surface area contributed by atoms with E-state index in [-0.39, 0.29) is 24.8 Å². The summed E-state index contributed by atoms with van der Waals surface area (Å²) in [6, 6.07) is 15.3. The molecule has 0 saturated carbocycles. The highest BCUT2D eigenvalue weighted by molar-refractivity contribution is 5.95. The number of fused-ring (bicyclic) bond motifs is 8. The molecular formula is C39H34N6O5. The second-order valence-electron chi connectivity index (χ2n) is 12.0. The fraction of sp³-hybridized carbons (Fsp3) is 0.179. The Hall–Kier alpha value is -6.36. The van der Waals surface area contributed by atoms with E-state index < -0.39 is 0 Å². The van der Waals surface area contributed by atoms with Gasteiger partial charge >= 0.3 is 11.9 Å². The molecule has 0 saturated heterocycles. The zero-order chi connectivity index (χ0) is 34.8. The number of imidazole rings is 1. The summed E-state index contributed by atoms with van der Waals surface area (Å²) >= 11 is 0. The van der Waals surface area contributed by atoms with Gasteiger partial charge in [0.05, 0.1) is 48.1 Å². The van der Waals surface area contributed by atoms with Crippen LogP contribution in [0.1, 0.15) is 57.1 Å². The number of methoxy groups -OCH3 is 2. The van der Waals surface area contributed by atoms with Crippen molar-refractivity contribution in [2.45, 2.75) is 25.7 Å². The first-order valence-corrected chi connectivity index (χ1v) is 16.2. The zero-order valence-electron chi connectivity index (χ0n) is 27.8. The number of H-pyrrole nitrogens is 2. The maximum Gasteiger partial charge on any atom is 0.305 e. The number of hydrogen-bond donors (Lipinski definition) is 2. The number of nitrogens with one attached hydrogen (secondary N) is 2. The van der Waals surface area contributed by atoms with Gasteiger partial charge in [-0.25, -0.2) is 15.0 Å². The number of benzene rings is 1. The van der Waals surface area contributed by atoms with Crippen LogP contribution in [0.5, 0.6) is 0 Å². The lowest BCUT2D eigenvalue weighted by Crippen LogP contribution is -2.04. The van der Waals surface area contributed by atoms with E-state index in [0.29, 0.717) is 47.0 Å². The molecular weight excluding hydrogens is 632 g/mol. The number of nitrogens with zero attached hydrogens (tertiary/aromatic N) is 4. The van der Waals surface area contributed by atoms with Crippen LogP contribution in [-0.2, 0) is 39.0 Å². The molecule has 5 aromatic rings. The van der Waals surface area contributed by atoms with Gasteiger partial charge in [-0.05, 0) is 73.0 Å². The molecule has 4 aromatic heterocycles. The zero-order valence-corrected chi connectivity index (χ0v) is 27.8. The van der Waals surface area contributed by atoms with Crippen molar-refractivity contribution in [1.82, 2.24) is 29.5 Å². The molecule has 8 bridgehead atoms. The first-order chi connectivity index (χ1) is 24.4. The van der Waals surface area contributed by atoms with Gasteiger partial charge < -0.3 is 24.0 Å². The van der Waals surface area contributed by atoms with E-state index in [1.54, 1.807) is 12.3 Å². The Morgan fingerprint density at radius 1 is 0.740 bits per heavy atom. The number of aryl methyl sites for hydroxylation is 3. The molecule has 250 valence electrons. The first-order valence-electron chi connectivity index (χ1n) is 16.2. The molecule has 2 aliphatic heterocycles. The lowest BCUT2D eigenvalue weighted by molar-refractivity contribution is -0.141. The molecule has 6 heterocycles. The lowest BCUT2D eigenvalue weighted by Gasteiger charge is -2.07. The van der Waals surface area contributed by atoms with E-state index in [2.05, 4.69) is 15.0 Å². The predicted octanol–water partition coefficient (Wildman–Crippen LogP) is 6.75. The predicted molar refractivity (Wildman–Crippen MR) is 193 cm³/mol. The summed E-state index contributed by atoms with van der Waals surface area (Å²) < 4.78 is 11.9. The topological polar surface area (TPSA) is 145 Å². The van der Waals surface area contributed by atoms with Crippen molar-refractivity contribution in [3.8, 4) is 22.5 Å². The van der Waals surface area contributed by atoms with Crippen LogP contribution in [0.3, 0.4) is 0 Å². The van der Waals surface area contributed by atoms with Crippen molar-refractivity contribution in [3.05, 3.63) is 100 Å². The van der Waals surface area contributed by atoms with Gasteiger partial charge in [0.1, 0.15) is 12.1 Å². The number of hydrogen-bond acceptors (Lipinski definition) is 8. The van der Waals surface area contributed by atoms with E-state index in [1.165, 1.54) is 14.2 Å².